The fraction of sp³-hybridized carbons (Fsp3) is 0.692. The molecule has 1 heterocycles. The minimum atomic E-state index is 0.532. The Morgan fingerprint density at radius 1 is 1.24 bits per heavy atom. The van der Waals surface area contributed by atoms with Crippen molar-refractivity contribution in [2.24, 2.45) is 5.92 Å². The summed E-state index contributed by atoms with van der Waals surface area (Å²) in [5, 5.41) is 3.61. The van der Waals surface area contributed by atoms with E-state index in [9.17, 15) is 0 Å². The molecule has 0 spiro atoms. The average molecular weight is 233 g/mol. The third-order valence-corrected chi connectivity index (χ3v) is 3.90. The predicted octanol–water partition coefficient (Wildman–Crippen LogP) is 1.73. The monoisotopic (exact) mass is 233 g/mol. The molecule has 4 nitrogen and oxygen atoms in total. The highest BCUT2D eigenvalue weighted by Crippen LogP contribution is 2.43. The van der Waals surface area contributed by atoms with Crippen LogP contribution in [0.5, 0.6) is 5.88 Å². The normalized spacial score (nSPS) is 27.6. The molecule has 0 bridgehead atoms. The van der Waals surface area contributed by atoms with Crippen molar-refractivity contribution in [1.29, 1.82) is 0 Å². The smallest absolute Gasteiger partial charge is 0.235 e. The number of nitrogens with one attached hydrogen (secondary N) is 1. The Hall–Kier alpha value is -1.16. The van der Waals surface area contributed by atoms with E-state index in [2.05, 4.69) is 15.3 Å². The molecule has 1 aromatic rings. The van der Waals surface area contributed by atoms with Gasteiger partial charge in [0.2, 0.25) is 5.88 Å². The van der Waals surface area contributed by atoms with Crippen molar-refractivity contribution in [3.05, 3.63) is 18.1 Å². The number of aromatic nitrogens is 2. The summed E-state index contributed by atoms with van der Waals surface area (Å²) >= 11 is 0. The second-order valence-electron chi connectivity index (χ2n) is 5.08. The Morgan fingerprint density at radius 2 is 2.06 bits per heavy atom. The molecule has 0 radical (unpaired) electrons. The summed E-state index contributed by atoms with van der Waals surface area (Å²) in [6.07, 6.45) is 8.67. The van der Waals surface area contributed by atoms with Crippen molar-refractivity contribution < 1.29 is 4.74 Å². The number of hydrogen-bond acceptors (Lipinski definition) is 4. The van der Waals surface area contributed by atoms with Gasteiger partial charge < -0.3 is 10.1 Å². The molecule has 2 atom stereocenters. The topological polar surface area (TPSA) is 47.0 Å². The SMILES string of the molecule is COc1nccnc1C1CCC1CNC1CC1. The van der Waals surface area contributed by atoms with Crippen molar-refractivity contribution >= 4 is 0 Å². The van der Waals surface area contributed by atoms with Crippen LogP contribution in [0.15, 0.2) is 12.4 Å². The number of rotatable bonds is 5. The highest BCUT2D eigenvalue weighted by atomic mass is 16.5. The van der Waals surface area contributed by atoms with Crippen LogP contribution in [0.2, 0.25) is 0 Å². The van der Waals surface area contributed by atoms with Crippen molar-refractivity contribution in [3.8, 4) is 5.88 Å². The Labute approximate surface area is 102 Å². The third-order valence-electron chi connectivity index (χ3n) is 3.90. The zero-order chi connectivity index (χ0) is 11.7. The van der Waals surface area contributed by atoms with Crippen molar-refractivity contribution in [3.63, 3.8) is 0 Å². The summed E-state index contributed by atoms with van der Waals surface area (Å²) in [4.78, 5) is 8.69. The van der Waals surface area contributed by atoms with E-state index in [-0.39, 0.29) is 0 Å². The fourth-order valence-corrected chi connectivity index (χ4v) is 2.53. The Bertz CT molecular complexity index is 392. The standard InChI is InChI=1S/C13H19N3O/c1-17-13-12(14-6-7-15-13)11-5-2-9(11)8-16-10-3-4-10/h6-7,9-11,16H,2-5,8H2,1H3. The summed E-state index contributed by atoms with van der Waals surface area (Å²) in [6.45, 7) is 1.12. The first-order valence-electron chi connectivity index (χ1n) is 6.46. The van der Waals surface area contributed by atoms with Crippen LogP contribution in [-0.2, 0) is 0 Å². The van der Waals surface area contributed by atoms with E-state index in [0.29, 0.717) is 17.7 Å². The Kier molecular flexibility index (Phi) is 2.97. The van der Waals surface area contributed by atoms with Crippen LogP contribution >= 0.6 is 0 Å². The van der Waals surface area contributed by atoms with Gasteiger partial charge in [0.05, 0.1) is 7.11 Å². The summed E-state index contributed by atoms with van der Waals surface area (Å²) in [5.41, 5.74) is 1.05. The van der Waals surface area contributed by atoms with Crippen molar-refractivity contribution in [1.82, 2.24) is 15.3 Å². The van der Waals surface area contributed by atoms with E-state index in [1.165, 1.54) is 25.7 Å². The molecule has 2 fully saturated rings. The molecule has 4 heteroatoms. The molecule has 1 N–H and O–H groups in total. The summed E-state index contributed by atoms with van der Waals surface area (Å²) in [7, 11) is 1.67. The molecule has 92 valence electrons. The van der Waals surface area contributed by atoms with Crippen LogP contribution in [0.25, 0.3) is 0 Å². The lowest BCUT2D eigenvalue weighted by atomic mass is 9.71. The first-order valence-corrected chi connectivity index (χ1v) is 6.46. The zero-order valence-corrected chi connectivity index (χ0v) is 10.2. The number of hydrogen-bond donors (Lipinski definition) is 1. The van der Waals surface area contributed by atoms with E-state index in [0.717, 1.165) is 18.3 Å². The zero-order valence-electron chi connectivity index (χ0n) is 10.2. The molecule has 2 saturated carbocycles. The molecular weight excluding hydrogens is 214 g/mol. The van der Waals surface area contributed by atoms with Crippen LogP contribution in [-0.4, -0.2) is 29.7 Å². The number of ether oxygens (including phenoxy) is 1. The molecule has 3 rings (SSSR count). The van der Waals surface area contributed by atoms with Gasteiger partial charge in [-0.3, -0.25) is 4.98 Å². The molecule has 0 amide bonds. The van der Waals surface area contributed by atoms with E-state index >= 15 is 0 Å². The predicted molar refractivity (Wildman–Crippen MR) is 65.1 cm³/mol. The fourth-order valence-electron chi connectivity index (χ4n) is 2.53. The van der Waals surface area contributed by atoms with Crippen LogP contribution in [0.1, 0.15) is 37.3 Å². The first-order chi connectivity index (χ1) is 8.38. The van der Waals surface area contributed by atoms with Crippen molar-refractivity contribution in [2.75, 3.05) is 13.7 Å². The summed E-state index contributed by atoms with van der Waals surface area (Å²) < 4.78 is 5.29. The molecule has 2 aliphatic carbocycles. The quantitative estimate of drug-likeness (QED) is 0.841. The number of nitrogens with zero attached hydrogens (tertiary/aromatic N) is 2. The maximum atomic E-state index is 5.29. The second-order valence-corrected chi connectivity index (χ2v) is 5.08. The molecule has 0 aliphatic heterocycles. The highest BCUT2D eigenvalue weighted by Gasteiger charge is 2.36. The molecule has 2 aliphatic rings. The molecule has 0 saturated heterocycles. The minimum Gasteiger partial charge on any atom is -0.480 e. The van der Waals surface area contributed by atoms with Crippen LogP contribution in [0.4, 0.5) is 0 Å². The molecule has 0 aromatic carbocycles. The van der Waals surface area contributed by atoms with Gasteiger partial charge in [-0.1, -0.05) is 0 Å². The molecule has 1 aromatic heterocycles. The van der Waals surface area contributed by atoms with Crippen LogP contribution < -0.4 is 10.1 Å². The van der Waals surface area contributed by atoms with Crippen LogP contribution in [0, 0.1) is 5.92 Å². The van der Waals surface area contributed by atoms with Gasteiger partial charge in [0.25, 0.3) is 0 Å². The highest BCUT2D eigenvalue weighted by molar-refractivity contribution is 5.24. The second kappa shape index (κ2) is 4.61. The maximum absolute atomic E-state index is 5.29. The lowest BCUT2D eigenvalue weighted by molar-refractivity contribution is 0.232. The van der Waals surface area contributed by atoms with E-state index < -0.39 is 0 Å². The van der Waals surface area contributed by atoms with Crippen LogP contribution in [0.3, 0.4) is 0 Å². The Morgan fingerprint density at radius 3 is 2.71 bits per heavy atom. The van der Waals surface area contributed by atoms with Gasteiger partial charge in [-0.25, -0.2) is 4.98 Å². The average Bonchev–Trinajstić information content (AvgIpc) is 3.13. The third kappa shape index (κ3) is 2.27. The minimum absolute atomic E-state index is 0.532. The van der Waals surface area contributed by atoms with E-state index in [1.54, 1.807) is 19.5 Å². The van der Waals surface area contributed by atoms with E-state index in [1.807, 2.05) is 0 Å². The summed E-state index contributed by atoms with van der Waals surface area (Å²) in [5.74, 6) is 1.94. The summed E-state index contributed by atoms with van der Waals surface area (Å²) in [6, 6.07) is 0.792. The van der Waals surface area contributed by atoms with Gasteiger partial charge in [-0.15, -0.1) is 0 Å². The van der Waals surface area contributed by atoms with Gasteiger partial charge >= 0.3 is 0 Å². The molecule has 17 heavy (non-hydrogen) atoms. The lowest BCUT2D eigenvalue weighted by Gasteiger charge is -2.36. The van der Waals surface area contributed by atoms with Gasteiger partial charge in [0.15, 0.2) is 0 Å². The molecule has 2 unspecified atom stereocenters. The van der Waals surface area contributed by atoms with Gasteiger partial charge in [0.1, 0.15) is 5.69 Å². The van der Waals surface area contributed by atoms with E-state index in [4.69, 9.17) is 4.74 Å². The number of methoxy groups -OCH3 is 1. The van der Waals surface area contributed by atoms with Crippen molar-refractivity contribution in [2.45, 2.75) is 37.6 Å². The molecular formula is C13H19N3O. The van der Waals surface area contributed by atoms with Gasteiger partial charge in [0, 0.05) is 24.4 Å². The van der Waals surface area contributed by atoms with Gasteiger partial charge in [-0.05, 0) is 38.1 Å². The Balaban J connectivity index is 1.65. The maximum Gasteiger partial charge on any atom is 0.235 e. The first kappa shape index (κ1) is 11.0. The lowest BCUT2D eigenvalue weighted by Crippen LogP contribution is -2.35. The largest absolute Gasteiger partial charge is 0.480 e. The van der Waals surface area contributed by atoms with Gasteiger partial charge in [-0.2, -0.15) is 0 Å².